The van der Waals surface area contributed by atoms with E-state index in [1.807, 2.05) is 49.4 Å². The number of halogens is 1. The van der Waals surface area contributed by atoms with Crippen molar-refractivity contribution < 1.29 is 9.59 Å². The molecule has 5 heteroatoms. The zero-order chi connectivity index (χ0) is 23.9. The van der Waals surface area contributed by atoms with Gasteiger partial charge in [0.15, 0.2) is 0 Å². The van der Waals surface area contributed by atoms with E-state index in [1.165, 1.54) is 17.2 Å². The molecule has 1 N–H and O–H groups in total. The molecule has 1 aliphatic rings. The first kappa shape index (κ1) is 24.5. The number of nitrogens with one attached hydrogen (secondary N) is 1. The van der Waals surface area contributed by atoms with Gasteiger partial charge in [0.25, 0.3) is 0 Å². The van der Waals surface area contributed by atoms with Gasteiger partial charge < -0.3 is 10.2 Å². The highest BCUT2D eigenvalue weighted by Crippen LogP contribution is 2.22. The van der Waals surface area contributed by atoms with Crippen LogP contribution in [0, 0.1) is 0 Å². The maximum Gasteiger partial charge on any atom is 0.242 e. The summed E-state index contributed by atoms with van der Waals surface area (Å²) in [5.74, 6) is -0.0559. The number of nitrogens with zero attached hydrogens (tertiary/aromatic N) is 1. The molecule has 0 bridgehead atoms. The highest BCUT2D eigenvalue weighted by molar-refractivity contribution is 9.10. The van der Waals surface area contributed by atoms with Crippen LogP contribution in [0.25, 0.3) is 10.8 Å². The Balaban J connectivity index is 1.50. The lowest BCUT2D eigenvalue weighted by Gasteiger charge is -2.31. The first-order chi connectivity index (χ1) is 16.5. The van der Waals surface area contributed by atoms with Gasteiger partial charge in [0, 0.05) is 23.5 Å². The lowest BCUT2D eigenvalue weighted by atomic mass is 9.95. The summed E-state index contributed by atoms with van der Waals surface area (Å²) >= 11 is 3.52. The predicted molar refractivity (Wildman–Crippen MR) is 141 cm³/mol. The first-order valence-corrected chi connectivity index (χ1v) is 13.1. The van der Waals surface area contributed by atoms with E-state index in [1.54, 1.807) is 4.90 Å². The number of hydrogen-bond acceptors (Lipinski definition) is 2. The fourth-order valence-corrected chi connectivity index (χ4v) is 5.33. The Kier molecular flexibility index (Phi) is 8.39. The summed E-state index contributed by atoms with van der Waals surface area (Å²) in [7, 11) is 0. The van der Waals surface area contributed by atoms with Crippen LogP contribution in [0.2, 0.25) is 0 Å². The van der Waals surface area contributed by atoms with Gasteiger partial charge in [-0.1, -0.05) is 89.8 Å². The Labute approximate surface area is 210 Å². The largest absolute Gasteiger partial charge is 0.352 e. The highest BCUT2D eigenvalue weighted by atomic mass is 79.9. The molecule has 4 rings (SSSR count). The Bertz CT molecular complexity index is 1130. The number of benzene rings is 3. The van der Waals surface area contributed by atoms with E-state index in [-0.39, 0.29) is 17.9 Å². The van der Waals surface area contributed by atoms with Gasteiger partial charge in [-0.15, -0.1) is 0 Å². The van der Waals surface area contributed by atoms with Gasteiger partial charge in [0.2, 0.25) is 11.8 Å². The lowest BCUT2D eigenvalue weighted by Crippen LogP contribution is -2.50. The Morgan fingerprint density at radius 1 is 1.00 bits per heavy atom. The van der Waals surface area contributed by atoms with Gasteiger partial charge in [0.1, 0.15) is 6.04 Å². The lowest BCUT2D eigenvalue weighted by molar-refractivity contribution is -0.141. The third kappa shape index (κ3) is 6.26. The molecule has 4 nitrogen and oxygen atoms in total. The molecule has 0 aromatic heterocycles. The molecule has 1 aliphatic carbocycles. The van der Waals surface area contributed by atoms with Gasteiger partial charge in [-0.05, 0) is 60.2 Å². The molecule has 0 radical (unpaired) electrons. The van der Waals surface area contributed by atoms with Gasteiger partial charge in [-0.25, -0.2) is 0 Å². The van der Waals surface area contributed by atoms with E-state index in [0.717, 1.165) is 41.3 Å². The molecule has 0 aliphatic heterocycles. The molecular weight excluding hydrogens is 488 g/mol. The highest BCUT2D eigenvalue weighted by Gasteiger charge is 2.28. The number of aryl methyl sites for hydroxylation is 1. The molecule has 178 valence electrons. The summed E-state index contributed by atoms with van der Waals surface area (Å²) in [5, 5.41) is 5.57. The Hall–Kier alpha value is -2.66. The minimum absolute atomic E-state index is 0.000737. The van der Waals surface area contributed by atoms with Crippen molar-refractivity contribution in [2.75, 3.05) is 0 Å². The van der Waals surface area contributed by atoms with Gasteiger partial charge in [0.05, 0.1) is 0 Å². The van der Waals surface area contributed by atoms with Gasteiger partial charge >= 0.3 is 0 Å². The number of amides is 2. The third-order valence-electron chi connectivity index (χ3n) is 6.85. The molecule has 34 heavy (non-hydrogen) atoms. The second-order valence-corrected chi connectivity index (χ2v) is 10.2. The molecule has 2 amide bonds. The maximum absolute atomic E-state index is 13.5. The van der Waals surface area contributed by atoms with E-state index in [2.05, 4.69) is 45.5 Å². The number of carbonyl (C=O) groups is 2. The van der Waals surface area contributed by atoms with E-state index < -0.39 is 6.04 Å². The number of rotatable bonds is 8. The second kappa shape index (κ2) is 11.7. The van der Waals surface area contributed by atoms with Crippen molar-refractivity contribution in [1.29, 1.82) is 0 Å². The quantitative estimate of drug-likeness (QED) is 0.373. The van der Waals surface area contributed by atoms with Crippen molar-refractivity contribution in [1.82, 2.24) is 10.2 Å². The molecule has 0 heterocycles. The van der Waals surface area contributed by atoms with Crippen LogP contribution < -0.4 is 5.32 Å². The van der Waals surface area contributed by atoms with Crippen LogP contribution >= 0.6 is 15.9 Å². The molecule has 1 saturated carbocycles. The number of hydrogen-bond donors (Lipinski definition) is 1. The van der Waals surface area contributed by atoms with E-state index in [9.17, 15) is 9.59 Å². The fraction of sp³-hybridized carbons (Fsp3) is 0.379. The molecule has 1 fully saturated rings. The van der Waals surface area contributed by atoms with Crippen molar-refractivity contribution in [2.24, 2.45) is 0 Å². The molecule has 3 aromatic carbocycles. The number of carbonyl (C=O) groups excluding carboxylic acids is 2. The van der Waals surface area contributed by atoms with Crippen LogP contribution in [0.5, 0.6) is 0 Å². The van der Waals surface area contributed by atoms with E-state index >= 15 is 0 Å². The number of fused-ring (bicyclic) bond motifs is 1. The minimum Gasteiger partial charge on any atom is -0.352 e. The molecule has 3 aromatic rings. The van der Waals surface area contributed by atoms with Crippen molar-refractivity contribution in [2.45, 2.75) is 70.5 Å². The molecular formula is C29H33BrN2O2. The van der Waals surface area contributed by atoms with Crippen molar-refractivity contribution in [3.8, 4) is 0 Å². The van der Waals surface area contributed by atoms with Crippen molar-refractivity contribution in [3.05, 3.63) is 82.3 Å². The van der Waals surface area contributed by atoms with E-state index in [4.69, 9.17) is 0 Å². The fourth-order valence-electron chi connectivity index (χ4n) is 4.88. The van der Waals surface area contributed by atoms with Crippen LogP contribution in [0.1, 0.15) is 56.6 Å². The van der Waals surface area contributed by atoms with Gasteiger partial charge in [-0.2, -0.15) is 0 Å². The summed E-state index contributed by atoms with van der Waals surface area (Å²) < 4.78 is 0.965. The third-order valence-corrected chi connectivity index (χ3v) is 7.34. The van der Waals surface area contributed by atoms with Crippen LogP contribution in [-0.2, 0) is 22.6 Å². The van der Waals surface area contributed by atoms with Crippen LogP contribution in [0.4, 0.5) is 0 Å². The van der Waals surface area contributed by atoms with Crippen LogP contribution in [0.3, 0.4) is 0 Å². The Morgan fingerprint density at radius 2 is 1.74 bits per heavy atom. The summed E-state index contributed by atoms with van der Waals surface area (Å²) in [6.45, 7) is 2.26. The topological polar surface area (TPSA) is 49.4 Å². The molecule has 0 saturated heterocycles. The predicted octanol–water partition coefficient (Wildman–Crippen LogP) is 6.40. The summed E-state index contributed by atoms with van der Waals surface area (Å²) in [6, 6.07) is 22.1. The summed E-state index contributed by atoms with van der Waals surface area (Å²) in [5.41, 5.74) is 2.17. The van der Waals surface area contributed by atoms with Crippen molar-refractivity contribution >= 4 is 38.5 Å². The first-order valence-electron chi connectivity index (χ1n) is 12.3. The average Bonchev–Trinajstić information content (AvgIpc) is 2.86. The summed E-state index contributed by atoms with van der Waals surface area (Å²) in [4.78, 5) is 28.4. The Morgan fingerprint density at radius 3 is 2.53 bits per heavy atom. The standard InChI is InChI=1S/C29H33BrN2O2/c1-21(29(34)31-26-14-3-2-4-15-26)32(20-22-9-7-13-25(30)19-22)28(33)18-17-24-12-8-11-23-10-5-6-16-27(23)24/h5-13,16,19,21,26H,2-4,14-15,17-18,20H2,1H3,(H,31,34)/t21-/m0/s1. The SMILES string of the molecule is C[C@@H](C(=O)NC1CCCCC1)N(Cc1cccc(Br)c1)C(=O)CCc1cccc2ccccc12. The molecule has 0 spiro atoms. The average molecular weight is 521 g/mol. The zero-order valence-electron chi connectivity index (χ0n) is 19.8. The smallest absolute Gasteiger partial charge is 0.242 e. The zero-order valence-corrected chi connectivity index (χ0v) is 21.4. The minimum atomic E-state index is -0.527. The van der Waals surface area contributed by atoms with Crippen LogP contribution in [0.15, 0.2) is 71.2 Å². The van der Waals surface area contributed by atoms with E-state index in [0.29, 0.717) is 19.4 Å². The molecule has 0 unspecified atom stereocenters. The maximum atomic E-state index is 13.5. The molecule has 1 atom stereocenters. The van der Waals surface area contributed by atoms with Gasteiger partial charge in [-0.3, -0.25) is 9.59 Å². The normalized spacial score (nSPS) is 15.1. The van der Waals surface area contributed by atoms with Crippen molar-refractivity contribution in [3.63, 3.8) is 0 Å². The van der Waals surface area contributed by atoms with Crippen LogP contribution in [-0.4, -0.2) is 28.8 Å². The summed E-state index contributed by atoms with van der Waals surface area (Å²) in [6.07, 6.45) is 6.62. The second-order valence-electron chi connectivity index (χ2n) is 9.31. The monoisotopic (exact) mass is 520 g/mol.